The summed E-state index contributed by atoms with van der Waals surface area (Å²) in [6.45, 7) is 0. The number of hydrogen-bond donors (Lipinski definition) is 0. The fraction of sp³-hybridized carbons (Fsp3) is 0. The van der Waals surface area contributed by atoms with Crippen molar-refractivity contribution in [1.29, 1.82) is 0 Å². The lowest BCUT2D eigenvalue weighted by Crippen LogP contribution is -1.40. The molecule has 2 aromatic heterocycles. The van der Waals surface area contributed by atoms with Crippen molar-refractivity contribution in [3.8, 4) is 0 Å². The average Bonchev–Trinajstić information content (AvgIpc) is 2.67. The lowest BCUT2D eigenvalue weighted by Gasteiger charge is -1.50. The van der Waals surface area contributed by atoms with Crippen LogP contribution in [0.5, 0.6) is 0 Å². The van der Waals surface area contributed by atoms with Crippen molar-refractivity contribution in [1.82, 2.24) is 4.98 Å². The first-order chi connectivity index (χ1) is 5.00. The highest BCUT2D eigenvalue weighted by Gasteiger charge is 1.62. The molecule has 0 amide bonds. The van der Waals surface area contributed by atoms with E-state index in [0.717, 1.165) is 0 Å². The van der Waals surface area contributed by atoms with Gasteiger partial charge in [0.05, 0.1) is 18.7 Å². The van der Waals surface area contributed by atoms with Gasteiger partial charge in [-0.25, -0.2) is 4.98 Å². The van der Waals surface area contributed by atoms with Gasteiger partial charge in [0.25, 0.3) is 6.39 Å². The van der Waals surface area contributed by atoms with E-state index in [1.807, 2.05) is 0 Å². The van der Waals surface area contributed by atoms with Crippen LogP contribution in [0.25, 0.3) is 0 Å². The van der Waals surface area contributed by atoms with Gasteiger partial charge in [-0.3, -0.25) is 0 Å². The molecule has 0 atom stereocenters. The van der Waals surface area contributed by atoms with E-state index in [1.165, 1.54) is 18.7 Å². The van der Waals surface area contributed by atoms with Crippen molar-refractivity contribution in [2.24, 2.45) is 0 Å². The van der Waals surface area contributed by atoms with Crippen LogP contribution in [-0.4, -0.2) is 4.98 Å². The largest absolute Gasteiger partial charge is 0.472 e. The third kappa shape index (κ3) is 2.71. The van der Waals surface area contributed by atoms with Crippen LogP contribution in [0.1, 0.15) is 0 Å². The molecular formula is C7H5NO2. The minimum Gasteiger partial charge on any atom is -0.472 e. The quantitative estimate of drug-likeness (QED) is 0.550. The molecule has 0 unspecified atom stereocenters. The smallest absolute Gasteiger partial charge is 0.283 e. The minimum atomic E-state index is 1.46. The Bertz CT molecular complexity index is 151. The van der Waals surface area contributed by atoms with Crippen LogP contribution in [0.15, 0.2) is 39.9 Å². The molecule has 2 heterocycles. The predicted octanol–water partition coefficient (Wildman–Crippen LogP) is 1.55. The van der Waals surface area contributed by atoms with Crippen molar-refractivity contribution in [2.45, 2.75) is 0 Å². The normalized spacial score (nSPS) is 8.00. The predicted molar refractivity (Wildman–Crippen MR) is 32.9 cm³/mol. The van der Waals surface area contributed by atoms with Gasteiger partial charge in [0.1, 0.15) is 6.26 Å². The van der Waals surface area contributed by atoms with Crippen LogP contribution < -0.4 is 0 Å². The average molecular weight is 135 g/mol. The first-order valence-corrected chi connectivity index (χ1v) is 2.64. The lowest BCUT2D eigenvalue weighted by molar-refractivity contribution is 0.548. The minimum absolute atomic E-state index is 1.46. The number of aromatic nitrogens is 1. The molecule has 0 aliphatic rings. The zero-order valence-electron chi connectivity index (χ0n) is 5.15. The number of hydrogen-bond acceptors (Lipinski definition) is 3. The van der Waals surface area contributed by atoms with E-state index in [-0.39, 0.29) is 0 Å². The zero-order chi connectivity index (χ0) is 7.07. The van der Waals surface area contributed by atoms with Crippen LogP contribution in [0.3, 0.4) is 0 Å². The maximum atomic E-state index is 4.53. The van der Waals surface area contributed by atoms with Crippen LogP contribution in [0, 0.1) is 12.5 Å². The van der Waals surface area contributed by atoms with E-state index in [0.29, 0.717) is 0 Å². The van der Waals surface area contributed by atoms with E-state index in [9.17, 15) is 0 Å². The number of furan rings is 1. The molecule has 2 radical (unpaired) electrons. The van der Waals surface area contributed by atoms with Crippen LogP contribution >= 0.6 is 0 Å². The van der Waals surface area contributed by atoms with E-state index in [4.69, 9.17) is 0 Å². The summed E-state index contributed by atoms with van der Waals surface area (Å²) in [7, 11) is 0. The summed E-state index contributed by atoms with van der Waals surface area (Å²) in [4.78, 5) is 3.43. The Hall–Kier alpha value is -1.51. The second-order valence-electron chi connectivity index (χ2n) is 1.35. The Morgan fingerprint density at radius 1 is 1.30 bits per heavy atom. The van der Waals surface area contributed by atoms with Gasteiger partial charge in [-0.15, -0.1) is 0 Å². The van der Waals surface area contributed by atoms with Gasteiger partial charge in [0, 0.05) is 6.07 Å². The highest BCUT2D eigenvalue weighted by molar-refractivity contribution is 4.76. The molecule has 0 spiro atoms. The van der Waals surface area contributed by atoms with Crippen molar-refractivity contribution >= 4 is 0 Å². The van der Waals surface area contributed by atoms with E-state index >= 15 is 0 Å². The molecule has 2 rings (SSSR count). The monoisotopic (exact) mass is 135 g/mol. The highest BCUT2D eigenvalue weighted by Crippen LogP contribution is 1.78. The van der Waals surface area contributed by atoms with Gasteiger partial charge in [-0.2, -0.15) is 0 Å². The fourth-order valence-corrected chi connectivity index (χ4v) is 0.349. The van der Waals surface area contributed by atoms with E-state index in [2.05, 4.69) is 26.3 Å². The van der Waals surface area contributed by atoms with Gasteiger partial charge in [-0.1, -0.05) is 0 Å². The van der Waals surface area contributed by atoms with Crippen molar-refractivity contribution < 1.29 is 8.83 Å². The molecule has 50 valence electrons. The van der Waals surface area contributed by atoms with Gasteiger partial charge < -0.3 is 8.83 Å². The molecule has 0 saturated heterocycles. The molecule has 0 fully saturated rings. The summed E-state index contributed by atoms with van der Waals surface area (Å²) in [5, 5.41) is 0. The molecule has 2 aromatic rings. The molecule has 3 heteroatoms. The van der Waals surface area contributed by atoms with Gasteiger partial charge in [-0.05, 0) is 6.07 Å². The molecule has 0 bridgehead atoms. The molecule has 0 aromatic carbocycles. The van der Waals surface area contributed by atoms with Gasteiger partial charge in [0.15, 0.2) is 0 Å². The standard InChI is InChI=1S/C4H3O.C3H2NO/c1-2-4-5-3-1;1-2-5-3-4-1/h1,3-4H;1-2H. The lowest BCUT2D eigenvalue weighted by atomic mass is 10.7. The third-order valence-electron chi connectivity index (χ3n) is 0.688. The zero-order valence-corrected chi connectivity index (χ0v) is 5.15. The number of rotatable bonds is 0. The Balaban J connectivity index is 0.0000001000. The van der Waals surface area contributed by atoms with Crippen LogP contribution in [0.4, 0.5) is 0 Å². The molecular weight excluding hydrogens is 130 g/mol. The molecule has 0 saturated carbocycles. The Kier molecular flexibility index (Phi) is 2.89. The Morgan fingerprint density at radius 3 is 2.50 bits per heavy atom. The summed E-state index contributed by atoms with van der Waals surface area (Å²) in [6.07, 6.45) is 8.29. The topological polar surface area (TPSA) is 39.2 Å². The molecule has 0 aliphatic carbocycles. The summed E-state index contributed by atoms with van der Waals surface area (Å²) < 4.78 is 8.88. The van der Waals surface area contributed by atoms with Gasteiger partial charge >= 0.3 is 0 Å². The number of nitrogens with zero attached hydrogens (tertiary/aromatic N) is 1. The second-order valence-corrected chi connectivity index (χ2v) is 1.35. The fourth-order valence-electron chi connectivity index (χ4n) is 0.349. The van der Waals surface area contributed by atoms with Crippen molar-refractivity contribution in [2.75, 3.05) is 0 Å². The third-order valence-corrected chi connectivity index (χ3v) is 0.688. The first kappa shape index (κ1) is 6.61. The Morgan fingerprint density at radius 2 is 2.30 bits per heavy atom. The molecule has 10 heavy (non-hydrogen) atoms. The highest BCUT2D eigenvalue weighted by atomic mass is 16.3. The number of oxazole rings is 1. The van der Waals surface area contributed by atoms with E-state index < -0.39 is 0 Å². The Labute approximate surface area is 58.3 Å². The molecule has 0 N–H and O–H groups in total. The summed E-state index contributed by atoms with van der Waals surface area (Å²) in [5.41, 5.74) is 0. The van der Waals surface area contributed by atoms with E-state index in [1.54, 1.807) is 12.3 Å². The van der Waals surface area contributed by atoms with Crippen LogP contribution in [-0.2, 0) is 0 Å². The maximum Gasteiger partial charge on any atom is 0.283 e. The summed E-state index contributed by atoms with van der Waals surface area (Å²) >= 11 is 0. The second kappa shape index (κ2) is 4.38. The summed E-state index contributed by atoms with van der Waals surface area (Å²) in [5.74, 6) is 0. The molecule has 0 aliphatic heterocycles. The molecule has 3 nitrogen and oxygen atoms in total. The van der Waals surface area contributed by atoms with Gasteiger partial charge in [0.2, 0.25) is 0 Å². The summed E-state index contributed by atoms with van der Waals surface area (Å²) in [6, 6.07) is 4.40. The van der Waals surface area contributed by atoms with Crippen molar-refractivity contribution in [3.63, 3.8) is 0 Å². The maximum absolute atomic E-state index is 4.53. The van der Waals surface area contributed by atoms with Crippen molar-refractivity contribution in [3.05, 3.63) is 43.5 Å². The first-order valence-electron chi connectivity index (χ1n) is 2.64. The SMILES string of the molecule is [c]1ccoc1.[c]1ncco1. The van der Waals surface area contributed by atoms with Crippen LogP contribution in [0.2, 0.25) is 0 Å².